The summed E-state index contributed by atoms with van der Waals surface area (Å²) in [6.07, 6.45) is 5.36. The first-order chi connectivity index (χ1) is 12.5. The van der Waals surface area contributed by atoms with Gasteiger partial charge in [0.1, 0.15) is 5.82 Å². The fraction of sp³-hybridized carbons (Fsp3) is 0.550. The molecule has 1 N–H and O–H groups in total. The second kappa shape index (κ2) is 7.08. The average molecular weight is 360 g/mol. The highest BCUT2D eigenvalue weighted by molar-refractivity contribution is 5.19. The molecule has 0 amide bonds. The van der Waals surface area contributed by atoms with Gasteiger partial charge in [-0.3, -0.25) is 9.80 Å². The highest BCUT2D eigenvalue weighted by Crippen LogP contribution is 2.39. The van der Waals surface area contributed by atoms with E-state index in [-0.39, 0.29) is 5.41 Å². The van der Waals surface area contributed by atoms with E-state index < -0.39 is 11.6 Å². The molecule has 3 heterocycles. The third kappa shape index (κ3) is 3.67. The van der Waals surface area contributed by atoms with Gasteiger partial charge >= 0.3 is 0 Å². The minimum absolute atomic E-state index is 0.268. The maximum atomic E-state index is 14.0. The number of halogens is 2. The van der Waals surface area contributed by atoms with Crippen LogP contribution in [0.25, 0.3) is 0 Å². The molecule has 0 saturated carbocycles. The van der Waals surface area contributed by atoms with Gasteiger partial charge < -0.3 is 4.98 Å². The molecule has 1 aromatic carbocycles. The van der Waals surface area contributed by atoms with Crippen molar-refractivity contribution in [1.29, 1.82) is 0 Å². The second-order valence-corrected chi connectivity index (χ2v) is 8.00. The lowest BCUT2D eigenvalue weighted by atomic mass is 9.79. The van der Waals surface area contributed by atoms with E-state index in [1.165, 1.54) is 12.5 Å². The number of nitrogens with one attached hydrogen (secondary N) is 1. The molecule has 2 fully saturated rings. The minimum atomic E-state index is -0.755. The van der Waals surface area contributed by atoms with Crippen molar-refractivity contribution in [3.63, 3.8) is 0 Å². The first-order valence-electron chi connectivity index (χ1n) is 9.41. The summed E-state index contributed by atoms with van der Waals surface area (Å²) < 4.78 is 27.5. The van der Waals surface area contributed by atoms with Crippen molar-refractivity contribution >= 4 is 0 Å². The number of imidazole rings is 1. The number of aromatic nitrogens is 2. The SMILES string of the molecule is Cc1cnc(CN2CC[C@]3(CCCN(Cc4cccc(F)c4F)C3)C2)[nH]1. The van der Waals surface area contributed by atoms with Crippen molar-refractivity contribution in [2.24, 2.45) is 5.41 Å². The lowest BCUT2D eigenvalue weighted by molar-refractivity contribution is 0.0854. The second-order valence-electron chi connectivity index (χ2n) is 8.00. The molecule has 4 rings (SSSR count). The Morgan fingerprint density at radius 2 is 1.92 bits per heavy atom. The van der Waals surface area contributed by atoms with Crippen molar-refractivity contribution in [3.05, 3.63) is 53.1 Å². The van der Waals surface area contributed by atoms with E-state index in [0.717, 1.165) is 57.1 Å². The molecule has 2 aliphatic heterocycles. The van der Waals surface area contributed by atoms with Crippen molar-refractivity contribution in [3.8, 4) is 0 Å². The molecular weight excluding hydrogens is 334 g/mol. The number of hydrogen-bond donors (Lipinski definition) is 1. The van der Waals surface area contributed by atoms with Crippen molar-refractivity contribution in [2.75, 3.05) is 26.2 Å². The van der Waals surface area contributed by atoms with Gasteiger partial charge in [0.15, 0.2) is 11.6 Å². The van der Waals surface area contributed by atoms with E-state index in [4.69, 9.17) is 0 Å². The maximum absolute atomic E-state index is 14.0. The van der Waals surface area contributed by atoms with Gasteiger partial charge in [-0.2, -0.15) is 0 Å². The van der Waals surface area contributed by atoms with E-state index in [2.05, 4.69) is 19.8 Å². The van der Waals surface area contributed by atoms with Gasteiger partial charge in [0.25, 0.3) is 0 Å². The van der Waals surface area contributed by atoms with Crippen LogP contribution in [0.1, 0.15) is 36.3 Å². The summed E-state index contributed by atoms with van der Waals surface area (Å²) in [7, 11) is 0. The monoisotopic (exact) mass is 360 g/mol. The molecule has 26 heavy (non-hydrogen) atoms. The molecular formula is C20H26F2N4. The van der Waals surface area contributed by atoms with Crippen LogP contribution in [-0.4, -0.2) is 45.9 Å². The molecule has 1 atom stereocenters. The average Bonchev–Trinajstić information content (AvgIpc) is 3.19. The number of nitrogens with zero attached hydrogens (tertiary/aromatic N) is 3. The van der Waals surface area contributed by atoms with Crippen molar-refractivity contribution < 1.29 is 8.78 Å². The van der Waals surface area contributed by atoms with Crippen LogP contribution in [0.3, 0.4) is 0 Å². The predicted octanol–water partition coefficient (Wildman–Crippen LogP) is 3.48. The number of rotatable bonds is 4. The molecule has 0 bridgehead atoms. The Labute approximate surface area is 153 Å². The summed E-state index contributed by atoms with van der Waals surface area (Å²) >= 11 is 0. The number of aryl methyl sites for hydroxylation is 1. The van der Waals surface area contributed by atoms with Crippen LogP contribution in [0.4, 0.5) is 8.78 Å². The Morgan fingerprint density at radius 1 is 1.12 bits per heavy atom. The molecule has 0 unspecified atom stereocenters. The van der Waals surface area contributed by atoms with E-state index in [0.29, 0.717) is 12.1 Å². The Bertz CT molecular complexity index is 775. The summed E-state index contributed by atoms with van der Waals surface area (Å²) in [6, 6.07) is 4.47. The van der Waals surface area contributed by atoms with Crippen LogP contribution in [0.5, 0.6) is 0 Å². The highest BCUT2D eigenvalue weighted by Gasteiger charge is 2.41. The first-order valence-corrected chi connectivity index (χ1v) is 9.41. The van der Waals surface area contributed by atoms with E-state index in [1.54, 1.807) is 12.1 Å². The summed E-state index contributed by atoms with van der Waals surface area (Å²) in [5, 5.41) is 0. The molecule has 1 aromatic heterocycles. The highest BCUT2D eigenvalue weighted by atomic mass is 19.2. The number of H-pyrrole nitrogens is 1. The van der Waals surface area contributed by atoms with Crippen LogP contribution in [0.15, 0.2) is 24.4 Å². The van der Waals surface area contributed by atoms with Gasteiger partial charge in [0, 0.05) is 37.1 Å². The number of aromatic amines is 1. The molecule has 0 aliphatic carbocycles. The summed E-state index contributed by atoms with van der Waals surface area (Å²) in [5.74, 6) is -0.433. The summed E-state index contributed by atoms with van der Waals surface area (Å²) in [5.41, 5.74) is 1.82. The molecule has 6 heteroatoms. The molecule has 1 spiro atoms. The molecule has 2 aliphatic rings. The van der Waals surface area contributed by atoms with Gasteiger partial charge in [0.2, 0.25) is 0 Å². The minimum Gasteiger partial charge on any atom is -0.345 e. The Balaban J connectivity index is 1.39. The molecule has 140 valence electrons. The van der Waals surface area contributed by atoms with Gasteiger partial charge in [-0.25, -0.2) is 13.8 Å². The number of hydrogen-bond acceptors (Lipinski definition) is 3. The number of likely N-dealkylation sites (tertiary alicyclic amines) is 2. The number of benzene rings is 1. The lowest BCUT2D eigenvalue weighted by Gasteiger charge is -2.40. The van der Waals surface area contributed by atoms with Gasteiger partial charge in [-0.1, -0.05) is 12.1 Å². The molecule has 4 nitrogen and oxygen atoms in total. The fourth-order valence-corrected chi connectivity index (χ4v) is 4.61. The zero-order valence-corrected chi connectivity index (χ0v) is 15.3. The van der Waals surface area contributed by atoms with Crippen LogP contribution < -0.4 is 0 Å². The van der Waals surface area contributed by atoms with Crippen LogP contribution >= 0.6 is 0 Å². The van der Waals surface area contributed by atoms with Crippen molar-refractivity contribution in [2.45, 2.75) is 39.3 Å². The van der Waals surface area contributed by atoms with Crippen LogP contribution in [0, 0.1) is 24.0 Å². The third-order valence-electron chi connectivity index (χ3n) is 5.81. The van der Waals surface area contributed by atoms with E-state index >= 15 is 0 Å². The van der Waals surface area contributed by atoms with E-state index in [1.807, 2.05) is 13.1 Å². The first kappa shape index (κ1) is 17.6. The predicted molar refractivity (Wildman–Crippen MR) is 96.5 cm³/mol. The molecule has 2 saturated heterocycles. The lowest BCUT2D eigenvalue weighted by Crippen LogP contribution is -2.44. The smallest absolute Gasteiger partial charge is 0.163 e. The molecule has 2 aromatic rings. The van der Waals surface area contributed by atoms with Gasteiger partial charge in [-0.15, -0.1) is 0 Å². The Kier molecular flexibility index (Phi) is 4.80. The molecule has 0 radical (unpaired) electrons. The third-order valence-corrected chi connectivity index (χ3v) is 5.81. The normalized spacial score (nSPS) is 24.6. The van der Waals surface area contributed by atoms with Crippen molar-refractivity contribution in [1.82, 2.24) is 19.8 Å². The van der Waals surface area contributed by atoms with Crippen LogP contribution in [0.2, 0.25) is 0 Å². The summed E-state index contributed by atoms with van der Waals surface area (Å²) in [6.45, 7) is 7.39. The number of piperidine rings is 1. The fourth-order valence-electron chi connectivity index (χ4n) is 4.61. The quantitative estimate of drug-likeness (QED) is 0.907. The maximum Gasteiger partial charge on any atom is 0.163 e. The van der Waals surface area contributed by atoms with Crippen LogP contribution in [-0.2, 0) is 13.1 Å². The zero-order valence-electron chi connectivity index (χ0n) is 15.3. The topological polar surface area (TPSA) is 35.2 Å². The largest absolute Gasteiger partial charge is 0.345 e. The standard InChI is InChI=1S/C20H26F2N4/c1-15-10-23-18(24-15)12-26-9-7-20(14-26)6-3-8-25(13-20)11-16-4-2-5-17(21)19(16)22/h2,4-5,10H,3,6-9,11-14H2,1H3,(H,23,24)/t20-/m0/s1. The zero-order chi connectivity index (χ0) is 18.1. The summed E-state index contributed by atoms with van der Waals surface area (Å²) in [4.78, 5) is 12.5. The van der Waals surface area contributed by atoms with Gasteiger partial charge in [0.05, 0.1) is 6.54 Å². The van der Waals surface area contributed by atoms with E-state index in [9.17, 15) is 8.78 Å². The Hall–Kier alpha value is -1.79. The van der Waals surface area contributed by atoms with Gasteiger partial charge in [-0.05, 0) is 50.8 Å². The Morgan fingerprint density at radius 3 is 2.69 bits per heavy atom.